The molecule has 0 amide bonds. The lowest BCUT2D eigenvalue weighted by Gasteiger charge is -2.14. The molecule has 0 saturated heterocycles. The molecule has 2 aromatic carbocycles. The van der Waals surface area contributed by atoms with E-state index in [0.717, 1.165) is 6.07 Å². The van der Waals surface area contributed by atoms with Gasteiger partial charge in [-0.3, -0.25) is 4.72 Å². The summed E-state index contributed by atoms with van der Waals surface area (Å²) in [4.78, 5) is -0.737. The van der Waals surface area contributed by atoms with E-state index in [1.54, 1.807) is 0 Å². The van der Waals surface area contributed by atoms with Gasteiger partial charge < -0.3 is 9.47 Å². The van der Waals surface area contributed by atoms with Gasteiger partial charge in [-0.25, -0.2) is 12.8 Å². The number of rotatable bonds is 5. The number of hydrogen-bond acceptors (Lipinski definition) is 4. The first kappa shape index (κ1) is 18.8. The van der Waals surface area contributed by atoms with Crippen LogP contribution in [-0.2, 0) is 16.2 Å². The Hall–Kier alpha value is -2.49. The number of hydrogen-bond donors (Lipinski definition) is 1. The lowest BCUT2D eigenvalue weighted by molar-refractivity contribution is -0.140. The number of alkyl halides is 3. The summed E-state index contributed by atoms with van der Waals surface area (Å²) in [5.74, 6) is -1.07. The first-order valence-corrected chi connectivity index (χ1v) is 8.18. The molecule has 0 saturated carbocycles. The van der Waals surface area contributed by atoms with Crippen LogP contribution >= 0.6 is 0 Å². The van der Waals surface area contributed by atoms with Crippen molar-refractivity contribution in [3.8, 4) is 11.5 Å². The number of anilines is 1. The number of halogens is 4. The summed E-state index contributed by atoms with van der Waals surface area (Å²) in [5, 5.41) is 0. The average molecular weight is 379 g/mol. The highest BCUT2D eigenvalue weighted by molar-refractivity contribution is 7.92. The van der Waals surface area contributed by atoms with Crippen molar-refractivity contribution in [1.82, 2.24) is 0 Å². The molecule has 10 heteroatoms. The van der Waals surface area contributed by atoms with Gasteiger partial charge in [0.25, 0.3) is 10.0 Å². The second-order valence-corrected chi connectivity index (χ2v) is 6.49. The highest BCUT2D eigenvalue weighted by Crippen LogP contribution is 2.34. The fraction of sp³-hybridized carbons (Fsp3) is 0.200. The van der Waals surface area contributed by atoms with Crippen LogP contribution in [0.1, 0.15) is 5.56 Å². The monoisotopic (exact) mass is 379 g/mol. The van der Waals surface area contributed by atoms with E-state index in [0.29, 0.717) is 11.8 Å². The van der Waals surface area contributed by atoms with Gasteiger partial charge in [0.1, 0.15) is 17.3 Å². The Morgan fingerprint density at radius 1 is 1.00 bits per heavy atom. The molecule has 5 nitrogen and oxygen atoms in total. The molecular weight excluding hydrogens is 366 g/mol. The molecule has 0 spiro atoms. The average Bonchev–Trinajstić information content (AvgIpc) is 2.54. The third-order valence-electron chi connectivity index (χ3n) is 3.21. The van der Waals surface area contributed by atoms with E-state index in [2.05, 4.69) is 4.72 Å². The van der Waals surface area contributed by atoms with E-state index in [-0.39, 0.29) is 17.5 Å². The zero-order valence-corrected chi connectivity index (χ0v) is 13.8. The maximum atomic E-state index is 13.3. The second-order valence-electron chi connectivity index (χ2n) is 4.81. The van der Waals surface area contributed by atoms with E-state index >= 15 is 0 Å². The third-order valence-corrected chi connectivity index (χ3v) is 4.57. The van der Waals surface area contributed by atoms with Gasteiger partial charge in [-0.05, 0) is 30.3 Å². The molecule has 0 unspecified atom stereocenters. The molecule has 2 rings (SSSR count). The highest BCUT2D eigenvalue weighted by Gasteiger charge is 2.35. The van der Waals surface area contributed by atoms with Crippen molar-refractivity contribution in [2.45, 2.75) is 11.1 Å². The SMILES string of the molecule is COc1ccc(NS(=O)(=O)c2ccc(F)c(C(F)(F)F)c2)c(OC)c1. The predicted octanol–water partition coefficient (Wildman–Crippen LogP) is 3.66. The van der Waals surface area contributed by atoms with Crippen LogP contribution in [0.25, 0.3) is 0 Å². The number of benzene rings is 2. The normalized spacial score (nSPS) is 11.9. The number of sulfonamides is 1. The minimum atomic E-state index is -5.02. The molecule has 0 radical (unpaired) electrons. The van der Waals surface area contributed by atoms with Gasteiger partial charge in [0.05, 0.1) is 30.4 Å². The Balaban J connectivity index is 2.44. The van der Waals surface area contributed by atoms with Gasteiger partial charge in [0.2, 0.25) is 0 Å². The minimum absolute atomic E-state index is 0.0128. The standard InChI is InChI=1S/C15H13F4NO4S/c1-23-9-3-6-13(14(7-9)24-2)20-25(21,22)10-4-5-12(16)11(8-10)15(17,18)19/h3-8,20H,1-2H3. The number of methoxy groups -OCH3 is 2. The third kappa shape index (κ3) is 4.13. The summed E-state index contributed by atoms with van der Waals surface area (Å²) < 4.78 is 88.3. The summed E-state index contributed by atoms with van der Waals surface area (Å²) in [7, 11) is -1.72. The molecular formula is C15H13F4NO4S. The Bertz CT molecular complexity index is 882. The molecule has 0 aromatic heterocycles. The quantitative estimate of drug-likeness (QED) is 0.806. The van der Waals surface area contributed by atoms with Gasteiger partial charge >= 0.3 is 6.18 Å². The Morgan fingerprint density at radius 2 is 1.68 bits per heavy atom. The Kier molecular flexibility index (Phi) is 5.12. The predicted molar refractivity (Wildman–Crippen MR) is 81.8 cm³/mol. The summed E-state index contributed by atoms with van der Waals surface area (Å²) in [6.45, 7) is 0. The number of nitrogens with one attached hydrogen (secondary N) is 1. The fourth-order valence-electron chi connectivity index (χ4n) is 1.98. The molecule has 2 aromatic rings. The van der Waals surface area contributed by atoms with Crippen molar-refractivity contribution in [3.63, 3.8) is 0 Å². The van der Waals surface area contributed by atoms with Crippen molar-refractivity contribution in [2.24, 2.45) is 0 Å². The zero-order chi connectivity index (χ0) is 18.8. The summed E-state index contributed by atoms with van der Waals surface area (Å²) in [5.41, 5.74) is -1.68. The van der Waals surface area contributed by atoms with Crippen LogP contribution in [0.2, 0.25) is 0 Å². The molecule has 0 atom stereocenters. The van der Waals surface area contributed by atoms with E-state index in [4.69, 9.17) is 9.47 Å². The molecule has 25 heavy (non-hydrogen) atoms. The van der Waals surface area contributed by atoms with Gasteiger partial charge in [-0.15, -0.1) is 0 Å². The van der Waals surface area contributed by atoms with Crippen molar-refractivity contribution in [2.75, 3.05) is 18.9 Å². The highest BCUT2D eigenvalue weighted by atomic mass is 32.2. The van der Waals surface area contributed by atoms with Gasteiger partial charge in [0, 0.05) is 6.07 Å². The first-order valence-electron chi connectivity index (χ1n) is 6.70. The van der Waals surface area contributed by atoms with Gasteiger partial charge in [0.15, 0.2) is 0 Å². The van der Waals surface area contributed by atoms with E-state index in [1.165, 1.54) is 32.4 Å². The molecule has 1 N–H and O–H groups in total. The van der Waals surface area contributed by atoms with Gasteiger partial charge in [-0.2, -0.15) is 13.2 Å². The largest absolute Gasteiger partial charge is 0.497 e. The lowest BCUT2D eigenvalue weighted by atomic mass is 10.2. The smallest absolute Gasteiger partial charge is 0.419 e. The van der Waals surface area contributed by atoms with Crippen LogP contribution < -0.4 is 14.2 Å². The molecule has 0 aliphatic carbocycles. The molecule has 0 bridgehead atoms. The van der Waals surface area contributed by atoms with Crippen LogP contribution in [0.3, 0.4) is 0 Å². The van der Waals surface area contributed by atoms with Crippen LogP contribution in [-0.4, -0.2) is 22.6 Å². The fourth-order valence-corrected chi connectivity index (χ4v) is 3.07. The maximum Gasteiger partial charge on any atom is 0.419 e. The molecule has 0 heterocycles. The van der Waals surface area contributed by atoms with Crippen LogP contribution in [0.4, 0.5) is 23.2 Å². The minimum Gasteiger partial charge on any atom is -0.497 e. The van der Waals surface area contributed by atoms with Crippen molar-refractivity contribution in [3.05, 3.63) is 47.8 Å². The summed E-state index contributed by atoms with van der Waals surface area (Å²) >= 11 is 0. The van der Waals surface area contributed by atoms with Crippen LogP contribution in [0.5, 0.6) is 11.5 Å². The van der Waals surface area contributed by atoms with Gasteiger partial charge in [-0.1, -0.05) is 0 Å². The van der Waals surface area contributed by atoms with Crippen LogP contribution in [0, 0.1) is 5.82 Å². The maximum absolute atomic E-state index is 13.3. The molecule has 0 fully saturated rings. The van der Waals surface area contributed by atoms with Crippen molar-refractivity contribution < 1.29 is 35.5 Å². The van der Waals surface area contributed by atoms with E-state index in [1.807, 2.05) is 0 Å². The molecule has 0 aliphatic heterocycles. The number of ether oxygens (including phenoxy) is 2. The Labute approximate surface area is 141 Å². The van der Waals surface area contributed by atoms with Crippen LogP contribution in [0.15, 0.2) is 41.3 Å². The molecule has 0 aliphatic rings. The summed E-state index contributed by atoms with van der Waals surface area (Å²) in [6.07, 6.45) is -5.02. The van der Waals surface area contributed by atoms with E-state index < -0.39 is 32.5 Å². The molecule has 136 valence electrons. The first-order chi connectivity index (χ1) is 11.6. The van der Waals surface area contributed by atoms with E-state index in [9.17, 15) is 26.0 Å². The van der Waals surface area contributed by atoms with Crippen molar-refractivity contribution >= 4 is 15.7 Å². The zero-order valence-electron chi connectivity index (χ0n) is 13.0. The second kappa shape index (κ2) is 6.79. The topological polar surface area (TPSA) is 64.6 Å². The van der Waals surface area contributed by atoms with Crippen molar-refractivity contribution in [1.29, 1.82) is 0 Å². The summed E-state index contributed by atoms with van der Waals surface area (Å²) in [6, 6.07) is 5.57. The lowest BCUT2D eigenvalue weighted by Crippen LogP contribution is -2.16. The Morgan fingerprint density at radius 3 is 2.24 bits per heavy atom.